The quantitative estimate of drug-likeness (QED) is 0.168. The number of hydrogen-bond donors (Lipinski definition) is 4. The van der Waals surface area contributed by atoms with Gasteiger partial charge in [-0.3, -0.25) is 52.7 Å². The zero-order valence-corrected chi connectivity index (χ0v) is 55.7. The Hall–Kier alpha value is -6.09. The molecule has 0 unspecified atom stereocenters. The number of hydrogen-bond acceptors (Lipinski definition) is 11. The average molecular weight is 1190 g/mol. The highest BCUT2D eigenvalue weighted by Gasteiger charge is 2.44. The van der Waals surface area contributed by atoms with E-state index in [1.807, 2.05) is 81.4 Å². The number of allylic oxidation sites excluding steroid dienone is 2. The minimum atomic E-state index is -1.21. The van der Waals surface area contributed by atoms with Crippen LogP contribution in [-0.4, -0.2) is 216 Å². The molecule has 1 rings (SSSR count). The monoisotopic (exact) mass is 1190 g/mol. The second-order valence-electron chi connectivity index (χ2n) is 26.0. The molecular weight excluding hydrogens is 1070 g/mol. The first-order valence-corrected chi connectivity index (χ1v) is 30.5. The van der Waals surface area contributed by atoms with Crippen LogP contribution >= 0.6 is 0 Å². The van der Waals surface area contributed by atoms with Gasteiger partial charge in [0, 0.05) is 49.3 Å². The second-order valence-corrected chi connectivity index (χ2v) is 26.0. The molecule has 11 amide bonds. The number of nitrogens with zero attached hydrogens (tertiary/aromatic N) is 7. The smallest absolute Gasteiger partial charge is 0.246 e. The number of likely N-dealkylation sites (N-methyl/N-ethyl adjacent to an activating group) is 7. The van der Waals surface area contributed by atoms with E-state index in [2.05, 4.69) is 21.3 Å². The van der Waals surface area contributed by atoms with Crippen LogP contribution in [0.1, 0.15) is 163 Å². The number of carbonyl (C=O) groups is 11. The van der Waals surface area contributed by atoms with Crippen molar-refractivity contribution in [3.8, 4) is 0 Å². The predicted molar refractivity (Wildman–Crippen MR) is 327 cm³/mol. The van der Waals surface area contributed by atoms with E-state index in [4.69, 9.17) is 0 Å². The van der Waals surface area contributed by atoms with Gasteiger partial charge in [0.25, 0.3) is 0 Å². The van der Waals surface area contributed by atoms with Crippen LogP contribution in [0.3, 0.4) is 0 Å². The molecule has 1 aliphatic rings. The maximum atomic E-state index is 15.1. The zero-order valence-electron chi connectivity index (χ0n) is 55.7. The fourth-order valence-corrected chi connectivity index (χ4v) is 10.6. The van der Waals surface area contributed by atoms with Crippen molar-refractivity contribution in [2.24, 2.45) is 41.4 Å². The summed E-state index contributed by atoms with van der Waals surface area (Å²) >= 11 is 0. The second kappa shape index (κ2) is 34.8. The number of carbonyl (C=O) groups excluding carboxylic acids is 11. The van der Waals surface area contributed by atoms with E-state index in [1.54, 1.807) is 34.6 Å². The van der Waals surface area contributed by atoms with Gasteiger partial charge >= 0.3 is 0 Å². The van der Waals surface area contributed by atoms with Crippen LogP contribution in [0.5, 0.6) is 0 Å². The van der Waals surface area contributed by atoms with E-state index in [0.29, 0.717) is 6.42 Å². The first-order valence-electron chi connectivity index (χ1n) is 30.5. The molecule has 0 radical (unpaired) electrons. The highest BCUT2D eigenvalue weighted by atomic mass is 16.2. The normalized spacial score (nSPS) is 26.7. The van der Waals surface area contributed by atoms with Crippen molar-refractivity contribution in [2.45, 2.75) is 223 Å². The van der Waals surface area contributed by atoms with E-state index < -0.39 is 144 Å². The number of amides is 11. The first-order chi connectivity index (χ1) is 38.8. The molecule has 0 aromatic carbocycles. The van der Waals surface area contributed by atoms with Crippen LogP contribution in [0.15, 0.2) is 12.2 Å². The fourth-order valence-electron chi connectivity index (χ4n) is 10.6. The summed E-state index contributed by atoms with van der Waals surface area (Å²) in [7, 11) is 10.3. The van der Waals surface area contributed by atoms with Crippen molar-refractivity contribution < 1.29 is 52.7 Å². The molecule has 0 aromatic heterocycles. The van der Waals surface area contributed by atoms with Crippen LogP contribution in [0, 0.1) is 41.4 Å². The van der Waals surface area contributed by atoms with Crippen molar-refractivity contribution in [3.05, 3.63) is 12.2 Å². The summed E-state index contributed by atoms with van der Waals surface area (Å²) < 4.78 is 0. The Morgan fingerprint density at radius 1 is 0.429 bits per heavy atom. The van der Waals surface area contributed by atoms with Crippen LogP contribution in [0.4, 0.5) is 0 Å². The van der Waals surface area contributed by atoms with Gasteiger partial charge in [-0.05, 0) is 107 Å². The van der Waals surface area contributed by atoms with Crippen LogP contribution < -0.4 is 21.3 Å². The summed E-state index contributed by atoms with van der Waals surface area (Å²) in [5, 5.41) is 11.1. The molecule has 1 fully saturated rings. The molecule has 480 valence electrons. The van der Waals surface area contributed by atoms with Gasteiger partial charge in [0.2, 0.25) is 65.0 Å². The molecule has 11 atom stereocenters. The van der Waals surface area contributed by atoms with Gasteiger partial charge in [-0.25, -0.2) is 0 Å². The van der Waals surface area contributed by atoms with Crippen molar-refractivity contribution >= 4 is 65.0 Å². The Morgan fingerprint density at radius 3 is 1.27 bits per heavy atom. The summed E-state index contributed by atoms with van der Waals surface area (Å²) in [6, 6.07) is -11.4. The topological polar surface area (TPSA) is 259 Å². The van der Waals surface area contributed by atoms with Crippen molar-refractivity contribution in [3.63, 3.8) is 0 Å². The fraction of sp³-hybridized carbons (Fsp3) is 0.790. The molecule has 0 bridgehead atoms. The van der Waals surface area contributed by atoms with Gasteiger partial charge < -0.3 is 55.6 Å². The van der Waals surface area contributed by atoms with Crippen molar-refractivity contribution in [1.29, 1.82) is 0 Å². The van der Waals surface area contributed by atoms with Gasteiger partial charge in [0.15, 0.2) is 0 Å². The Balaban J connectivity index is 4.27. The van der Waals surface area contributed by atoms with Gasteiger partial charge in [0.05, 0.1) is 6.54 Å². The summed E-state index contributed by atoms with van der Waals surface area (Å²) in [4.78, 5) is 169. The lowest BCUT2D eigenvalue weighted by Crippen LogP contribution is -2.61. The SMILES string of the molecule is C/C=C/C[C@@H](C)C[C@H]1C(=O)N[C@H](CC)C(=O)N(C)CC(=O)N(C)[C@@H](CC(C)C)C(=O)N[C@@H](C(C)C)C(=O)N(C)[C@H](CC(C)C)C(=O)N[C@@H](C)C(=O)N[C@H](C)C(=O)N(C)[C@@H](CC(C)C)C(=O)N(C)[C@@H](CC(C)C)C(=O)N(C)[C@H](C(C)C)C(=O)N1C. The molecule has 22 heteroatoms. The van der Waals surface area contributed by atoms with Crippen molar-refractivity contribution in [2.75, 3.05) is 55.9 Å². The Bertz CT molecular complexity index is 2290. The summed E-state index contributed by atoms with van der Waals surface area (Å²) in [5.74, 6) is -8.30. The van der Waals surface area contributed by atoms with Crippen LogP contribution in [0.2, 0.25) is 0 Å². The molecule has 0 saturated carbocycles. The minimum Gasteiger partial charge on any atom is -0.343 e. The van der Waals surface area contributed by atoms with Gasteiger partial charge in [-0.1, -0.05) is 109 Å². The third kappa shape index (κ3) is 21.8. The van der Waals surface area contributed by atoms with E-state index in [-0.39, 0.29) is 68.1 Å². The molecule has 22 nitrogen and oxygen atoms in total. The molecule has 1 aliphatic heterocycles. The lowest BCUT2D eigenvalue weighted by molar-refractivity contribution is -0.156. The molecule has 0 aliphatic carbocycles. The predicted octanol–water partition coefficient (Wildman–Crippen LogP) is 4.30. The highest BCUT2D eigenvalue weighted by molar-refractivity contribution is 5.99. The van der Waals surface area contributed by atoms with Gasteiger partial charge in [-0.2, -0.15) is 0 Å². The molecule has 0 spiro atoms. The summed E-state index contributed by atoms with van der Waals surface area (Å²) in [6.07, 6.45) is 5.43. The maximum absolute atomic E-state index is 15.1. The number of nitrogens with one attached hydrogen (secondary N) is 4. The van der Waals surface area contributed by atoms with E-state index in [0.717, 1.165) is 0 Å². The largest absolute Gasteiger partial charge is 0.343 e. The Kier molecular flexibility index (Phi) is 31.4. The summed E-state index contributed by atoms with van der Waals surface area (Å²) in [6.45, 7) is 30.1. The first kappa shape index (κ1) is 75.9. The third-order valence-electron chi connectivity index (χ3n) is 15.9. The average Bonchev–Trinajstić information content (AvgIpc) is 2.64. The molecule has 1 heterocycles. The van der Waals surface area contributed by atoms with Crippen LogP contribution in [0.25, 0.3) is 0 Å². The Morgan fingerprint density at radius 2 is 0.821 bits per heavy atom. The van der Waals surface area contributed by atoms with Gasteiger partial charge in [0.1, 0.15) is 60.4 Å². The van der Waals surface area contributed by atoms with Crippen molar-refractivity contribution in [1.82, 2.24) is 55.6 Å². The molecule has 84 heavy (non-hydrogen) atoms. The standard InChI is InChI=1S/C62H111N11O11/c1-25-27-28-41(15)33-47-55(77)65-44(26-2)58(80)67(18)34-50(74)68(19)45(29-35(3)4)56(78)66-51(39(11)12)61(83)69(20)46(30-36(5)6)54(76)63-42(16)53(75)64-43(17)57(79)71(22)48(31-37(7)8)59(81)72(23)49(32-38(9)10)60(82)73(24)52(40(13)14)62(84)70(47)21/h25,27,35-49,51-52H,26,28-34H2,1-24H3,(H,63,76)(H,64,75)(H,65,77)(H,66,78)/b27-25+/t41-,42+,43-,44-,45+,46-,47+,48+,49+,51+,52-/m1/s1. The molecular formula is C62H111N11O11. The minimum absolute atomic E-state index is 0.110. The molecule has 1 saturated heterocycles. The van der Waals surface area contributed by atoms with Crippen LogP contribution in [-0.2, 0) is 52.7 Å². The van der Waals surface area contributed by atoms with Gasteiger partial charge in [-0.15, -0.1) is 0 Å². The Labute approximate surface area is 504 Å². The highest BCUT2D eigenvalue weighted by Crippen LogP contribution is 2.25. The van der Waals surface area contributed by atoms with E-state index in [1.165, 1.54) is 97.5 Å². The lowest BCUT2D eigenvalue weighted by Gasteiger charge is -2.41. The molecule has 4 N–H and O–H groups in total. The zero-order chi connectivity index (χ0) is 65.1. The number of rotatable bonds is 15. The molecule has 0 aromatic rings. The third-order valence-corrected chi connectivity index (χ3v) is 15.9. The maximum Gasteiger partial charge on any atom is 0.246 e. The van der Waals surface area contributed by atoms with E-state index in [9.17, 15) is 43.2 Å². The van der Waals surface area contributed by atoms with E-state index >= 15 is 9.59 Å². The summed E-state index contributed by atoms with van der Waals surface area (Å²) in [5.41, 5.74) is 0. The lowest BCUT2D eigenvalue weighted by atomic mass is 9.93.